The zero-order chi connectivity index (χ0) is 14.0. The molecule has 0 saturated heterocycles. The third-order valence-electron chi connectivity index (χ3n) is 2.61. The Morgan fingerprint density at radius 3 is 2.58 bits per heavy atom. The number of methoxy groups -OCH3 is 1. The van der Waals surface area contributed by atoms with Crippen LogP contribution in [0.1, 0.15) is 15.9 Å². The number of rotatable bonds is 3. The Bertz CT molecular complexity index is 643. The van der Waals surface area contributed by atoms with Gasteiger partial charge in [-0.25, -0.2) is 4.39 Å². The van der Waals surface area contributed by atoms with E-state index in [9.17, 15) is 9.18 Å². The van der Waals surface area contributed by atoms with Gasteiger partial charge in [0.2, 0.25) is 0 Å². The fourth-order valence-electron chi connectivity index (χ4n) is 1.67. The molecule has 0 fully saturated rings. The molecule has 0 aliphatic carbocycles. The Balaban J connectivity index is 2.56. The van der Waals surface area contributed by atoms with Crippen molar-refractivity contribution in [2.75, 3.05) is 7.11 Å². The first-order valence-electron chi connectivity index (χ1n) is 5.37. The largest absolute Gasteiger partial charge is 0.496 e. The van der Waals surface area contributed by atoms with Crippen molar-refractivity contribution in [3.05, 3.63) is 61.4 Å². The molecule has 0 radical (unpaired) electrons. The number of hydrogen-bond donors (Lipinski definition) is 0. The van der Waals surface area contributed by atoms with E-state index in [-0.39, 0.29) is 16.0 Å². The van der Waals surface area contributed by atoms with E-state index >= 15 is 0 Å². The van der Waals surface area contributed by atoms with E-state index in [2.05, 4.69) is 38.5 Å². The van der Waals surface area contributed by atoms with Crippen molar-refractivity contribution < 1.29 is 13.9 Å². The monoisotopic (exact) mass is 434 g/mol. The maximum absolute atomic E-state index is 13.5. The molecule has 19 heavy (non-hydrogen) atoms. The summed E-state index contributed by atoms with van der Waals surface area (Å²) in [4.78, 5) is 12.5. The molecule has 0 bridgehead atoms. The maximum atomic E-state index is 13.5. The molecule has 2 aromatic carbocycles. The van der Waals surface area contributed by atoms with Crippen molar-refractivity contribution in [3.8, 4) is 5.75 Å². The van der Waals surface area contributed by atoms with Gasteiger partial charge in [0, 0.05) is 15.2 Å². The molecule has 0 atom stereocenters. The van der Waals surface area contributed by atoms with Crippen LogP contribution in [0, 0.1) is 9.39 Å². The Kier molecular flexibility index (Phi) is 4.57. The molecule has 0 unspecified atom stereocenters. The summed E-state index contributed by atoms with van der Waals surface area (Å²) in [6, 6.07) is 9.88. The van der Waals surface area contributed by atoms with Crippen LogP contribution in [0.15, 0.2) is 40.9 Å². The third-order valence-corrected chi connectivity index (χ3v) is 4.15. The Labute approximate surface area is 132 Å². The van der Waals surface area contributed by atoms with E-state index in [1.54, 1.807) is 12.1 Å². The number of benzene rings is 2. The molecule has 0 heterocycles. The first-order chi connectivity index (χ1) is 9.04. The first kappa shape index (κ1) is 14.5. The molecular formula is C14H9BrFIO2. The highest BCUT2D eigenvalue weighted by Crippen LogP contribution is 2.29. The predicted octanol–water partition coefficient (Wildman–Crippen LogP) is 4.43. The fourth-order valence-corrected chi connectivity index (χ4v) is 2.64. The van der Waals surface area contributed by atoms with Crippen LogP contribution in [0.4, 0.5) is 4.39 Å². The minimum absolute atomic E-state index is 0.192. The highest BCUT2D eigenvalue weighted by molar-refractivity contribution is 14.1. The van der Waals surface area contributed by atoms with E-state index in [0.29, 0.717) is 11.1 Å². The van der Waals surface area contributed by atoms with E-state index < -0.39 is 5.82 Å². The summed E-state index contributed by atoms with van der Waals surface area (Å²) in [7, 11) is 1.41. The highest BCUT2D eigenvalue weighted by Gasteiger charge is 2.18. The number of carbonyl (C=O) groups excluding carboxylic acids is 1. The van der Waals surface area contributed by atoms with Gasteiger partial charge in [0.15, 0.2) is 5.78 Å². The van der Waals surface area contributed by atoms with Crippen LogP contribution in [0.2, 0.25) is 0 Å². The van der Waals surface area contributed by atoms with Gasteiger partial charge < -0.3 is 4.74 Å². The van der Waals surface area contributed by atoms with Gasteiger partial charge in [-0.3, -0.25) is 4.79 Å². The van der Waals surface area contributed by atoms with Crippen LogP contribution in [0.25, 0.3) is 0 Å². The summed E-state index contributed by atoms with van der Waals surface area (Å²) in [6.07, 6.45) is 0. The van der Waals surface area contributed by atoms with Crippen LogP contribution in [-0.2, 0) is 0 Å². The van der Waals surface area contributed by atoms with Gasteiger partial charge in [-0.2, -0.15) is 0 Å². The van der Waals surface area contributed by atoms with E-state index in [4.69, 9.17) is 4.74 Å². The first-order valence-corrected chi connectivity index (χ1v) is 7.24. The van der Waals surface area contributed by atoms with Crippen molar-refractivity contribution in [1.29, 1.82) is 0 Å². The number of halogens is 3. The van der Waals surface area contributed by atoms with E-state index in [0.717, 1.165) is 3.57 Å². The summed E-state index contributed by atoms with van der Waals surface area (Å²) in [5, 5.41) is 0. The smallest absolute Gasteiger partial charge is 0.197 e. The molecule has 0 saturated carbocycles. The molecule has 0 aliphatic rings. The Morgan fingerprint density at radius 1 is 1.26 bits per heavy atom. The lowest BCUT2D eigenvalue weighted by Gasteiger charge is -2.10. The molecule has 2 aromatic rings. The fraction of sp³-hybridized carbons (Fsp3) is 0.0714. The highest BCUT2D eigenvalue weighted by atomic mass is 127. The summed E-state index contributed by atoms with van der Waals surface area (Å²) in [5.41, 5.74) is 0.903. The molecule has 0 amide bonds. The Morgan fingerprint density at radius 2 is 1.95 bits per heavy atom. The topological polar surface area (TPSA) is 26.3 Å². The van der Waals surface area contributed by atoms with Crippen LogP contribution in [0.5, 0.6) is 5.75 Å². The van der Waals surface area contributed by atoms with Crippen molar-refractivity contribution in [2.24, 2.45) is 0 Å². The van der Waals surface area contributed by atoms with Gasteiger partial charge in [0.25, 0.3) is 0 Å². The SMILES string of the molecule is COc1cc(F)c(Br)cc1C(=O)c1ccccc1I. The summed E-state index contributed by atoms with van der Waals surface area (Å²) >= 11 is 5.18. The minimum atomic E-state index is -0.462. The maximum Gasteiger partial charge on any atom is 0.197 e. The standard InChI is InChI=1S/C14H9BrFIO2/c1-19-13-7-11(16)10(15)6-9(13)14(18)8-4-2-3-5-12(8)17/h2-7H,1H3. The van der Waals surface area contributed by atoms with Crippen LogP contribution < -0.4 is 4.74 Å². The van der Waals surface area contributed by atoms with Gasteiger partial charge >= 0.3 is 0 Å². The molecule has 2 nitrogen and oxygen atoms in total. The van der Waals surface area contributed by atoms with Crippen molar-refractivity contribution >= 4 is 44.3 Å². The second-order valence-corrected chi connectivity index (χ2v) is 5.79. The molecular weight excluding hydrogens is 426 g/mol. The predicted molar refractivity (Wildman–Crippen MR) is 83.2 cm³/mol. The van der Waals surface area contributed by atoms with Crippen LogP contribution >= 0.6 is 38.5 Å². The van der Waals surface area contributed by atoms with Crippen LogP contribution in [0.3, 0.4) is 0 Å². The minimum Gasteiger partial charge on any atom is -0.496 e. The number of carbonyl (C=O) groups is 1. The molecule has 2 rings (SSSR count). The Hall–Kier alpha value is -0.950. The average Bonchev–Trinajstić information content (AvgIpc) is 2.41. The molecule has 0 spiro atoms. The van der Waals surface area contributed by atoms with Gasteiger partial charge in [-0.15, -0.1) is 0 Å². The average molecular weight is 435 g/mol. The summed E-state index contributed by atoms with van der Waals surface area (Å²) < 4.78 is 19.6. The van der Waals surface area contributed by atoms with Gasteiger partial charge in [-0.1, -0.05) is 12.1 Å². The summed E-state index contributed by atoms with van der Waals surface area (Å²) in [6.45, 7) is 0. The molecule has 98 valence electrons. The zero-order valence-corrected chi connectivity index (χ0v) is 13.7. The lowest BCUT2D eigenvalue weighted by molar-refractivity contribution is 0.103. The number of ether oxygens (including phenoxy) is 1. The van der Waals surface area contributed by atoms with Gasteiger partial charge in [0.1, 0.15) is 11.6 Å². The number of hydrogen-bond acceptors (Lipinski definition) is 2. The lowest BCUT2D eigenvalue weighted by Crippen LogP contribution is -2.06. The van der Waals surface area contributed by atoms with Crippen molar-refractivity contribution in [1.82, 2.24) is 0 Å². The molecule has 0 aliphatic heterocycles. The molecule has 0 N–H and O–H groups in total. The second kappa shape index (κ2) is 6.00. The third kappa shape index (κ3) is 2.97. The zero-order valence-electron chi connectivity index (χ0n) is 9.91. The number of ketones is 1. The molecule has 0 aromatic heterocycles. The van der Waals surface area contributed by atoms with Crippen molar-refractivity contribution in [2.45, 2.75) is 0 Å². The van der Waals surface area contributed by atoms with E-state index in [1.807, 2.05) is 12.1 Å². The van der Waals surface area contributed by atoms with Crippen molar-refractivity contribution in [3.63, 3.8) is 0 Å². The lowest BCUT2D eigenvalue weighted by atomic mass is 10.0. The van der Waals surface area contributed by atoms with Crippen LogP contribution in [-0.4, -0.2) is 12.9 Å². The van der Waals surface area contributed by atoms with E-state index in [1.165, 1.54) is 19.2 Å². The second-order valence-electron chi connectivity index (χ2n) is 3.78. The summed E-state index contributed by atoms with van der Waals surface area (Å²) in [5.74, 6) is -0.427. The normalized spacial score (nSPS) is 10.3. The van der Waals surface area contributed by atoms with Gasteiger partial charge in [-0.05, 0) is 56.7 Å². The molecule has 5 heteroatoms. The quantitative estimate of drug-likeness (QED) is 0.527. The van der Waals surface area contributed by atoms with Gasteiger partial charge in [0.05, 0.1) is 17.1 Å².